The first-order chi connectivity index (χ1) is 11.3. The molecule has 0 spiro atoms. The molecule has 23 heavy (non-hydrogen) atoms. The van der Waals surface area contributed by atoms with Gasteiger partial charge in [-0.15, -0.1) is 0 Å². The molecule has 3 nitrogen and oxygen atoms in total. The van der Waals surface area contributed by atoms with E-state index < -0.39 is 0 Å². The van der Waals surface area contributed by atoms with Crippen LogP contribution in [0.15, 0.2) is 48.7 Å². The van der Waals surface area contributed by atoms with Gasteiger partial charge in [0.25, 0.3) is 0 Å². The van der Waals surface area contributed by atoms with Crippen molar-refractivity contribution in [2.24, 2.45) is 0 Å². The smallest absolute Gasteiger partial charge is 0.133 e. The maximum Gasteiger partial charge on any atom is 0.133 e. The summed E-state index contributed by atoms with van der Waals surface area (Å²) in [7, 11) is 2.14. The fourth-order valence-electron chi connectivity index (χ4n) is 3.49. The Morgan fingerprint density at radius 3 is 2.74 bits per heavy atom. The molecule has 1 fully saturated rings. The molecule has 1 aliphatic heterocycles. The van der Waals surface area contributed by atoms with Gasteiger partial charge in [0.05, 0.1) is 0 Å². The Bertz CT molecular complexity index is 611. The maximum absolute atomic E-state index is 4.67. The minimum Gasteiger partial charge on any atom is -0.360 e. The summed E-state index contributed by atoms with van der Waals surface area (Å²) in [6, 6.07) is 15.6. The van der Waals surface area contributed by atoms with Crippen LogP contribution in [0.4, 0.5) is 5.82 Å². The van der Waals surface area contributed by atoms with Gasteiger partial charge in [-0.1, -0.05) is 42.8 Å². The lowest BCUT2D eigenvalue weighted by Gasteiger charge is -2.37. The fourth-order valence-corrected chi connectivity index (χ4v) is 3.49. The zero-order chi connectivity index (χ0) is 16.1. The van der Waals surface area contributed by atoms with Crippen LogP contribution in [0.25, 0.3) is 0 Å². The molecule has 1 aliphatic rings. The average Bonchev–Trinajstić information content (AvgIpc) is 2.62. The summed E-state index contributed by atoms with van der Waals surface area (Å²) in [5.74, 6) is 1.14. The monoisotopic (exact) mass is 309 g/mol. The number of rotatable bonds is 5. The van der Waals surface area contributed by atoms with E-state index in [2.05, 4.69) is 71.2 Å². The van der Waals surface area contributed by atoms with Crippen molar-refractivity contribution in [3.63, 3.8) is 0 Å². The van der Waals surface area contributed by atoms with Gasteiger partial charge in [-0.25, -0.2) is 4.98 Å². The van der Waals surface area contributed by atoms with Crippen LogP contribution in [0.2, 0.25) is 0 Å². The lowest BCUT2D eigenvalue weighted by Crippen LogP contribution is -2.34. The zero-order valence-electron chi connectivity index (χ0n) is 14.3. The molecule has 3 rings (SSSR count). The number of pyridine rings is 1. The SMILES string of the molecule is CCN(C)c1ncccc1C1CCCCN1Cc1ccccc1. The number of hydrogen-bond acceptors (Lipinski definition) is 3. The van der Waals surface area contributed by atoms with E-state index in [1.807, 2.05) is 6.20 Å². The molecule has 122 valence electrons. The van der Waals surface area contributed by atoms with Crippen LogP contribution in [-0.4, -0.2) is 30.0 Å². The topological polar surface area (TPSA) is 19.4 Å². The molecule has 1 aromatic heterocycles. The number of anilines is 1. The zero-order valence-corrected chi connectivity index (χ0v) is 14.3. The largest absolute Gasteiger partial charge is 0.360 e. The Balaban J connectivity index is 1.87. The molecule has 1 unspecified atom stereocenters. The van der Waals surface area contributed by atoms with Gasteiger partial charge in [-0.3, -0.25) is 4.90 Å². The summed E-state index contributed by atoms with van der Waals surface area (Å²) in [5.41, 5.74) is 2.78. The molecule has 2 heterocycles. The van der Waals surface area contributed by atoms with E-state index in [9.17, 15) is 0 Å². The molecule has 0 bridgehead atoms. The third-order valence-electron chi connectivity index (χ3n) is 4.85. The predicted molar refractivity (Wildman–Crippen MR) is 96.6 cm³/mol. The molecule has 0 N–H and O–H groups in total. The van der Waals surface area contributed by atoms with Crippen molar-refractivity contribution in [2.45, 2.75) is 38.8 Å². The molecule has 1 atom stereocenters. The van der Waals surface area contributed by atoms with Crippen molar-refractivity contribution < 1.29 is 0 Å². The minimum atomic E-state index is 0.474. The summed E-state index contributed by atoms with van der Waals surface area (Å²) in [6.07, 6.45) is 5.74. The Morgan fingerprint density at radius 2 is 1.96 bits per heavy atom. The van der Waals surface area contributed by atoms with Crippen LogP contribution in [-0.2, 0) is 6.54 Å². The highest BCUT2D eigenvalue weighted by molar-refractivity contribution is 5.47. The number of hydrogen-bond donors (Lipinski definition) is 0. The van der Waals surface area contributed by atoms with Crippen LogP contribution in [0, 0.1) is 0 Å². The number of piperidine rings is 1. The van der Waals surface area contributed by atoms with Crippen LogP contribution in [0.1, 0.15) is 43.4 Å². The van der Waals surface area contributed by atoms with E-state index >= 15 is 0 Å². The van der Waals surface area contributed by atoms with Crippen LogP contribution in [0.5, 0.6) is 0 Å². The second-order valence-corrected chi connectivity index (χ2v) is 6.40. The summed E-state index contributed by atoms with van der Waals surface area (Å²) in [6.45, 7) is 5.36. The van der Waals surface area contributed by atoms with E-state index in [-0.39, 0.29) is 0 Å². The van der Waals surface area contributed by atoms with E-state index in [4.69, 9.17) is 0 Å². The number of likely N-dealkylation sites (tertiary alicyclic amines) is 1. The third kappa shape index (κ3) is 3.73. The lowest BCUT2D eigenvalue weighted by atomic mass is 9.94. The molecule has 0 radical (unpaired) electrons. The highest BCUT2D eigenvalue weighted by Crippen LogP contribution is 2.35. The summed E-state index contributed by atoms with van der Waals surface area (Å²) in [5, 5.41) is 0. The number of benzene rings is 1. The van der Waals surface area contributed by atoms with Gasteiger partial charge in [0.15, 0.2) is 0 Å². The molecule has 1 aromatic carbocycles. The average molecular weight is 309 g/mol. The van der Waals surface area contributed by atoms with E-state index in [0.29, 0.717) is 6.04 Å². The van der Waals surface area contributed by atoms with E-state index in [1.165, 1.54) is 36.9 Å². The fraction of sp³-hybridized carbons (Fsp3) is 0.450. The standard InChI is InChI=1S/C20H27N3/c1-3-22(2)20-18(12-9-14-21-20)19-13-7-8-15-23(19)16-17-10-5-4-6-11-17/h4-6,9-12,14,19H,3,7-8,13,15-16H2,1-2H3. The quantitative estimate of drug-likeness (QED) is 0.822. The van der Waals surface area contributed by atoms with Crippen molar-refractivity contribution in [3.8, 4) is 0 Å². The van der Waals surface area contributed by atoms with Gasteiger partial charge in [0.2, 0.25) is 0 Å². The molecule has 1 saturated heterocycles. The highest BCUT2D eigenvalue weighted by atomic mass is 15.2. The molecule has 0 saturated carbocycles. The third-order valence-corrected chi connectivity index (χ3v) is 4.85. The lowest BCUT2D eigenvalue weighted by molar-refractivity contribution is 0.140. The Kier molecular flexibility index (Phi) is 5.29. The molecular formula is C20H27N3. The molecular weight excluding hydrogens is 282 g/mol. The first-order valence-electron chi connectivity index (χ1n) is 8.73. The molecule has 0 amide bonds. The minimum absolute atomic E-state index is 0.474. The molecule has 0 aliphatic carbocycles. The summed E-state index contributed by atoms with van der Waals surface area (Å²) in [4.78, 5) is 9.55. The van der Waals surface area contributed by atoms with Gasteiger partial charge >= 0.3 is 0 Å². The summed E-state index contributed by atoms with van der Waals surface area (Å²) >= 11 is 0. The van der Waals surface area contributed by atoms with Crippen molar-refractivity contribution in [1.82, 2.24) is 9.88 Å². The van der Waals surface area contributed by atoms with E-state index in [1.54, 1.807) is 0 Å². The summed E-state index contributed by atoms with van der Waals surface area (Å²) < 4.78 is 0. The van der Waals surface area contributed by atoms with E-state index in [0.717, 1.165) is 18.9 Å². The van der Waals surface area contributed by atoms with Crippen molar-refractivity contribution in [1.29, 1.82) is 0 Å². The number of nitrogens with zero attached hydrogens (tertiary/aromatic N) is 3. The highest BCUT2D eigenvalue weighted by Gasteiger charge is 2.27. The van der Waals surface area contributed by atoms with Gasteiger partial charge in [-0.2, -0.15) is 0 Å². The Hall–Kier alpha value is -1.87. The Morgan fingerprint density at radius 1 is 1.13 bits per heavy atom. The van der Waals surface area contributed by atoms with Gasteiger partial charge in [0, 0.05) is 37.9 Å². The maximum atomic E-state index is 4.67. The van der Waals surface area contributed by atoms with Gasteiger partial charge in [0.1, 0.15) is 5.82 Å². The van der Waals surface area contributed by atoms with Crippen LogP contribution >= 0.6 is 0 Å². The molecule has 2 aromatic rings. The second-order valence-electron chi connectivity index (χ2n) is 6.40. The second kappa shape index (κ2) is 7.60. The normalized spacial score (nSPS) is 18.8. The van der Waals surface area contributed by atoms with Crippen LogP contribution < -0.4 is 4.90 Å². The van der Waals surface area contributed by atoms with Crippen molar-refractivity contribution >= 4 is 5.82 Å². The Labute approximate surface area is 140 Å². The van der Waals surface area contributed by atoms with Crippen molar-refractivity contribution in [2.75, 3.05) is 25.0 Å². The van der Waals surface area contributed by atoms with Crippen LogP contribution in [0.3, 0.4) is 0 Å². The molecule has 3 heteroatoms. The first kappa shape index (κ1) is 16.0. The predicted octanol–water partition coefficient (Wildman–Crippen LogP) is 4.26. The first-order valence-corrected chi connectivity index (χ1v) is 8.73. The van der Waals surface area contributed by atoms with Crippen molar-refractivity contribution in [3.05, 3.63) is 59.8 Å². The number of aromatic nitrogens is 1. The van der Waals surface area contributed by atoms with Gasteiger partial charge in [-0.05, 0) is 37.9 Å². The van der Waals surface area contributed by atoms with Gasteiger partial charge < -0.3 is 4.90 Å².